The molecule has 0 aliphatic heterocycles. The van der Waals surface area contributed by atoms with Crippen molar-refractivity contribution in [2.45, 2.75) is 60.8 Å². The van der Waals surface area contributed by atoms with E-state index in [-0.39, 0.29) is 0 Å². The summed E-state index contributed by atoms with van der Waals surface area (Å²) in [6, 6.07) is 0. The molecule has 0 heteroatoms. The third-order valence-corrected chi connectivity index (χ3v) is 0.707. The first-order valence-corrected chi connectivity index (χ1v) is 5.19. The van der Waals surface area contributed by atoms with E-state index < -0.39 is 0 Å². The van der Waals surface area contributed by atoms with E-state index in [0.29, 0.717) is 0 Å². The van der Waals surface area contributed by atoms with Crippen LogP contribution in [0.15, 0.2) is 12.7 Å². The maximum Gasteiger partial charge on any atom is -0.00297 e. The molecule has 0 aromatic carbocycles. The second-order valence-electron chi connectivity index (χ2n) is 2.05. The van der Waals surface area contributed by atoms with Crippen molar-refractivity contribution in [2.75, 3.05) is 0 Å². The van der Waals surface area contributed by atoms with Crippen LogP contribution in [-0.2, 0) is 0 Å². The van der Waals surface area contributed by atoms with Gasteiger partial charge in [0.05, 0.1) is 0 Å². The molecule has 0 radical (unpaired) electrons. The van der Waals surface area contributed by atoms with Crippen molar-refractivity contribution in [2.24, 2.45) is 0 Å². The van der Waals surface area contributed by atoms with Gasteiger partial charge in [-0.25, -0.2) is 0 Å². The van der Waals surface area contributed by atoms with Crippen molar-refractivity contribution in [3.05, 3.63) is 12.7 Å². The molecular formula is C13H28. The molecule has 0 aromatic rings. The largest absolute Gasteiger partial charge is 0.120 e. The molecule has 80 valence electrons. The zero-order chi connectivity index (χ0) is 11.5. The van der Waals surface area contributed by atoms with Crippen LogP contribution in [0.4, 0.5) is 0 Å². The minimum absolute atomic E-state index is 1.34. The summed E-state index contributed by atoms with van der Waals surface area (Å²) in [5.74, 6) is 2.25. The van der Waals surface area contributed by atoms with Crippen molar-refractivity contribution in [1.29, 1.82) is 0 Å². The molecule has 0 N–H and O–H groups in total. The fourth-order valence-electron chi connectivity index (χ4n) is 0.354. The van der Waals surface area contributed by atoms with E-state index in [9.17, 15) is 0 Å². The minimum atomic E-state index is 1.34. The Balaban J connectivity index is -0.0000000446. The van der Waals surface area contributed by atoms with E-state index in [1.807, 2.05) is 20.8 Å². The van der Waals surface area contributed by atoms with Gasteiger partial charge in [-0.2, -0.15) is 0 Å². The van der Waals surface area contributed by atoms with E-state index in [2.05, 4.69) is 32.8 Å². The third kappa shape index (κ3) is 578. The topological polar surface area (TPSA) is 0 Å². The lowest BCUT2D eigenvalue weighted by atomic mass is 10.3. The number of terminal acetylenes is 1. The predicted octanol–water partition coefficient (Wildman–Crippen LogP) is 5.05. The number of unbranched alkanes of at least 4 members (excludes halogenated alkanes) is 2. The van der Waals surface area contributed by atoms with Crippen molar-refractivity contribution in [3.63, 3.8) is 0 Å². The SMILES string of the molecule is C#CC.C=CC.CC.CCCCC. The Morgan fingerprint density at radius 1 is 1.23 bits per heavy atom. The molecule has 0 unspecified atom stereocenters. The molecule has 0 aliphatic carbocycles. The molecule has 0 rings (SSSR count). The fourth-order valence-corrected chi connectivity index (χ4v) is 0.354. The quantitative estimate of drug-likeness (QED) is 0.416. The van der Waals surface area contributed by atoms with Gasteiger partial charge in [-0.05, 0) is 13.8 Å². The van der Waals surface area contributed by atoms with Gasteiger partial charge < -0.3 is 0 Å². The van der Waals surface area contributed by atoms with E-state index in [1.54, 1.807) is 13.0 Å². The van der Waals surface area contributed by atoms with E-state index in [1.165, 1.54) is 19.3 Å². The Bertz CT molecular complexity index is 72.5. The van der Waals surface area contributed by atoms with Gasteiger partial charge in [0.2, 0.25) is 0 Å². The van der Waals surface area contributed by atoms with Crippen molar-refractivity contribution >= 4 is 0 Å². The van der Waals surface area contributed by atoms with E-state index >= 15 is 0 Å². The minimum Gasteiger partial charge on any atom is -0.120 e. The van der Waals surface area contributed by atoms with Crippen LogP contribution in [0.2, 0.25) is 0 Å². The molecular weight excluding hydrogens is 156 g/mol. The molecule has 0 aromatic heterocycles. The number of allylic oxidation sites excluding steroid dienone is 1. The van der Waals surface area contributed by atoms with Crippen LogP contribution in [0, 0.1) is 12.3 Å². The standard InChI is InChI=1S/C5H12.C3H6.C3H4.C2H6/c1-3-5-4-2;2*1-3-2;1-2/h3-5H2,1-2H3;3H,1H2,2H3;1H,2H3;1-2H3. The van der Waals surface area contributed by atoms with Gasteiger partial charge >= 0.3 is 0 Å². The van der Waals surface area contributed by atoms with E-state index in [4.69, 9.17) is 0 Å². The zero-order valence-electron chi connectivity index (χ0n) is 10.5. The maximum absolute atomic E-state index is 4.60. The van der Waals surface area contributed by atoms with Gasteiger partial charge in [0.25, 0.3) is 0 Å². The Kier molecular flexibility index (Phi) is 114. The first kappa shape index (κ1) is 22.8. The molecule has 0 saturated carbocycles. The normalized spacial score (nSPS) is 5.31. The molecule has 0 bridgehead atoms. The average molecular weight is 184 g/mol. The maximum atomic E-state index is 4.60. The molecule has 0 amide bonds. The van der Waals surface area contributed by atoms with Crippen LogP contribution in [0.3, 0.4) is 0 Å². The Morgan fingerprint density at radius 2 is 1.38 bits per heavy atom. The highest BCUT2D eigenvalue weighted by molar-refractivity contribution is 4.73. The van der Waals surface area contributed by atoms with E-state index in [0.717, 1.165) is 0 Å². The summed E-state index contributed by atoms with van der Waals surface area (Å²) in [4.78, 5) is 0. The Morgan fingerprint density at radius 3 is 1.38 bits per heavy atom. The molecule has 0 atom stereocenters. The second-order valence-corrected chi connectivity index (χ2v) is 2.05. The van der Waals surface area contributed by atoms with Crippen LogP contribution in [0.5, 0.6) is 0 Å². The summed E-state index contributed by atoms with van der Waals surface area (Å²) in [5, 5.41) is 0. The van der Waals surface area contributed by atoms with Gasteiger partial charge in [0.1, 0.15) is 0 Å². The molecule has 0 fully saturated rings. The highest BCUT2D eigenvalue weighted by Crippen LogP contribution is 1.88. The zero-order valence-corrected chi connectivity index (χ0v) is 10.5. The molecule has 0 aliphatic rings. The fraction of sp³-hybridized carbons (Fsp3) is 0.692. The summed E-state index contributed by atoms with van der Waals surface area (Å²) in [7, 11) is 0. The Hall–Kier alpha value is -0.700. The lowest BCUT2D eigenvalue weighted by Crippen LogP contribution is -1.59. The molecule has 0 nitrogen and oxygen atoms in total. The lowest BCUT2D eigenvalue weighted by Gasteiger charge is -1.79. The van der Waals surface area contributed by atoms with Crippen LogP contribution >= 0.6 is 0 Å². The van der Waals surface area contributed by atoms with Crippen LogP contribution in [0.1, 0.15) is 60.8 Å². The molecule has 0 saturated heterocycles. The van der Waals surface area contributed by atoms with Gasteiger partial charge in [-0.3, -0.25) is 0 Å². The summed E-state index contributed by atoms with van der Waals surface area (Å²) >= 11 is 0. The van der Waals surface area contributed by atoms with Crippen LogP contribution in [0.25, 0.3) is 0 Å². The second kappa shape index (κ2) is 64.8. The first-order valence-electron chi connectivity index (χ1n) is 5.19. The van der Waals surface area contributed by atoms with Crippen LogP contribution in [-0.4, -0.2) is 0 Å². The summed E-state index contributed by atoms with van der Waals surface area (Å²) in [6.07, 6.45) is 10.4. The third-order valence-electron chi connectivity index (χ3n) is 0.707. The Labute approximate surface area is 86.4 Å². The summed E-state index contributed by atoms with van der Waals surface area (Å²) < 4.78 is 0. The molecule has 0 spiro atoms. The van der Waals surface area contributed by atoms with Gasteiger partial charge in [-0.1, -0.05) is 53.0 Å². The highest BCUT2D eigenvalue weighted by Gasteiger charge is 1.68. The number of hydrogen-bond donors (Lipinski definition) is 0. The smallest absolute Gasteiger partial charge is 0.00297 e. The number of hydrogen-bond acceptors (Lipinski definition) is 0. The van der Waals surface area contributed by atoms with Gasteiger partial charge in [-0.15, -0.1) is 18.9 Å². The number of rotatable bonds is 2. The van der Waals surface area contributed by atoms with Crippen LogP contribution < -0.4 is 0 Å². The molecule has 0 heterocycles. The van der Waals surface area contributed by atoms with Crippen molar-refractivity contribution < 1.29 is 0 Å². The predicted molar refractivity (Wildman–Crippen MR) is 66.9 cm³/mol. The average Bonchev–Trinajstić information content (AvgIpc) is 2.12. The monoisotopic (exact) mass is 184 g/mol. The van der Waals surface area contributed by atoms with Gasteiger partial charge in [0, 0.05) is 0 Å². The highest BCUT2D eigenvalue weighted by atomic mass is 13.7. The summed E-state index contributed by atoms with van der Waals surface area (Å²) in [5.41, 5.74) is 0. The van der Waals surface area contributed by atoms with Crippen molar-refractivity contribution in [3.8, 4) is 12.3 Å². The summed E-state index contributed by atoms with van der Waals surface area (Å²) in [6.45, 7) is 15.3. The van der Waals surface area contributed by atoms with Crippen molar-refractivity contribution in [1.82, 2.24) is 0 Å². The molecule has 13 heavy (non-hydrogen) atoms. The van der Waals surface area contributed by atoms with Gasteiger partial charge in [0.15, 0.2) is 0 Å². The first-order chi connectivity index (χ1) is 6.24. The lowest BCUT2D eigenvalue weighted by molar-refractivity contribution is 0.772.